The van der Waals surface area contributed by atoms with Crippen LogP contribution in [0.5, 0.6) is 0 Å². The second-order valence-corrected chi connectivity index (χ2v) is 13.1. The molecular formula is C33H36FNO6. The number of alkyl halides is 1. The molecule has 8 heteroatoms. The third-order valence-electron chi connectivity index (χ3n) is 11.1. The van der Waals surface area contributed by atoms with Crippen LogP contribution in [0.15, 0.2) is 70.7 Å². The van der Waals surface area contributed by atoms with Crippen LogP contribution in [0, 0.1) is 34.5 Å². The minimum atomic E-state index is -1.32. The van der Waals surface area contributed by atoms with Crippen molar-refractivity contribution in [3.63, 3.8) is 0 Å². The molecule has 2 unspecified atom stereocenters. The van der Waals surface area contributed by atoms with Gasteiger partial charge in [0.25, 0.3) is 0 Å². The van der Waals surface area contributed by atoms with E-state index in [0.717, 1.165) is 11.3 Å². The van der Waals surface area contributed by atoms with Crippen molar-refractivity contribution in [1.29, 1.82) is 0 Å². The van der Waals surface area contributed by atoms with Crippen molar-refractivity contribution < 1.29 is 33.4 Å². The van der Waals surface area contributed by atoms with Gasteiger partial charge in [0, 0.05) is 34.8 Å². The molecule has 7 nitrogen and oxygen atoms in total. The van der Waals surface area contributed by atoms with Crippen molar-refractivity contribution >= 4 is 11.6 Å². The van der Waals surface area contributed by atoms with Gasteiger partial charge in [0.2, 0.25) is 0 Å². The van der Waals surface area contributed by atoms with Gasteiger partial charge in [-0.1, -0.05) is 50.3 Å². The Bertz CT molecular complexity index is 1450. The first kappa shape index (κ1) is 27.0. The molecule has 0 spiro atoms. The van der Waals surface area contributed by atoms with Gasteiger partial charge in [-0.05, 0) is 61.0 Å². The minimum Gasteiger partial charge on any atom is -0.460 e. The third kappa shape index (κ3) is 3.70. The molecule has 0 amide bonds. The Balaban J connectivity index is 1.20. The summed E-state index contributed by atoms with van der Waals surface area (Å²) in [5.41, 5.74) is -1.49. The van der Waals surface area contributed by atoms with Crippen molar-refractivity contribution in [2.45, 2.75) is 57.5 Å². The Morgan fingerprint density at radius 1 is 1.15 bits per heavy atom. The van der Waals surface area contributed by atoms with E-state index in [1.165, 1.54) is 12.2 Å². The van der Waals surface area contributed by atoms with E-state index in [4.69, 9.17) is 9.25 Å². The molecule has 0 bridgehead atoms. The average Bonchev–Trinajstić information content (AvgIpc) is 3.62. The zero-order valence-corrected chi connectivity index (χ0v) is 23.3. The van der Waals surface area contributed by atoms with Gasteiger partial charge >= 0.3 is 0 Å². The summed E-state index contributed by atoms with van der Waals surface area (Å²) in [6.07, 6.45) is 3.63. The summed E-state index contributed by atoms with van der Waals surface area (Å²) in [5, 5.41) is 23.7. The monoisotopic (exact) mass is 561 g/mol. The third-order valence-corrected chi connectivity index (χ3v) is 11.1. The van der Waals surface area contributed by atoms with Crippen LogP contribution in [-0.4, -0.2) is 57.9 Å². The largest absolute Gasteiger partial charge is 0.460 e. The molecule has 4 aliphatic carbocycles. The number of rotatable bonds is 5. The summed E-state index contributed by atoms with van der Waals surface area (Å²) < 4.78 is 21.9. The topological polar surface area (TPSA) is 100 Å². The van der Waals surface area contributed by atoms with Crippen LogP contribution in [0.1, 0.15) is 38.9 Å². The Labute approximate surface area is 238 Å². The molecule has 2 aromatic rings. The highest BCUT2D eigenvalue weighted by atomic mass is 19.1. The van der Waals surface area contributed by atoms with E-state index in [0.29, 0.717) is 30.8 Å². The van der Waals surface area contributed by atoms with Crippen LogP contribution in [0.25, 0.3) is 11.3 Å². The molecule has 1 aromatic carbocycles. The first-order valence-corrected chi connectivity index (χ1v) is 14.6. The molecule has 2 heterocycles. The van der Waals surface area contributed by atoms with Gasteiger partial charge in [-0.2, -0.15) is 5.06 Å². The molecule has 5 aliphatic rings. The number of ketones is 2. The number of aliphatic hydroxyl groups excluding tert-OH is 2. The Morgan fingerprint density at radius 3 is 2.68 bits per heavy atom. The lowest BCUT2D eigenvalue weighted by atomic mass is 9.46. The molecule has 7 rings (SSSR count). The number of nitrogens with zero attached hydrogens (tertiary/aromatic N) is 1. The number of halogens is 1. The molecule has 1 saturated heterocycles. The molecule has 1 aromatic heterocycles. The second kappa shape index (κ2) is 9.30. The van der Waals surface area contributed by atoms with Crippen molar-refractivity contribution in [3.8, 4) is 11.3 Å². The first-order chi connectivity index (χ1) is 19.6. The maximum absolute atomic E-state index is 15.8. The molecule has 0 radical (unpaired) electrons. The lowest BCUT2D eigenvalue weighted by molar-refractivity contribution is -0.256. The van der Waals surface area contributed by atoms with Gasteiger partial charge < -0.3 is 14.6 Å². The number of aliphatic hydroxyl groups is 2. The molecule has 216 valence electrons. The van der Waals surface area contributed by atoms with E-state index in [2.05, 4.69) is 0 Å². The second-order valence-electron chi connectivity index (χ2n) is 13.1. The Morgan fingerprint density at radius 2 is 1.93 bits per heavy atom. The van der Waals surface area contributed by atoms with Gasteiger partial charge in [-0.15, -0.1) is 0 Å². The van der Waals surface area contributed by atoms with Crippen molar-refractivity contribution in [1.82, 2.24) is 5.06 Å². The van der Waals surface area contributed by atoms with Crippen LogP contribution in [0.2, 0.25) is 0 Å². The molecular weight excluding hydrogens is 525 g/mol. The van der Waals surface area contributed by atoms with E-state index in [9.17, 15) is 19.8 Å². The highest BCUT2D eigenvalue weighted by Gasteiger charge is 2.75. The SMILES string of the molecule is C[C@]12C=CC(=O)C=C1[C@@H](F)C[C@@H]1C2[C@@H](O)C[C@@]2(C)C1C[C@H]1CN(Cc3ccc(-c4ccccc4)o3)O[C@]12C(=O)CO. The number of allylic oxidation sites excluding steroid dienone is 4. The first-order valence-electron chi connectivity index (χ1n) is 14.6. The standard InChI is InChI=1S/C33H36FNO6/c1-31-11-10-21(37)13-25(31)26(34)14-23-24-12-20-16-35(17-22-8-9-28(40-22)19-6-4-3-5-7-19)41-33(20,29(39)18-36)32(24,2)15-27(38)30(23)31/h3-11,13,20,23-24,26-27,30,36,38H,12,14-18H2,1-2H3/t20-,23-,24?,26-,27-,30?,31-,32-,33-/m0/s1. The zero-order chi connectivity index (χ0) is 28.7. The maximum Gasteiger partial charge on any atom is 0.192 e. The highest BCUT2D eigenvalue weighted by Crippen LogP contribution is 2.70. The zero-order valence-electron chi connectivity index (χ0n) is 23.3. The molecule has 2 N–H and O–H groups in total. The van der Waals surface area contributed by atoms with Gasteiger partial charge in [0.1, 0.15) is 24.3 Å². The van der Waals surface area contributed by atoms with Crippen molar-refractivity contribution in [2.75, 3.05) is 13.2 Å². The van der Waals surface area contributed by atoms with E-state index >= 15 is 4.39 Å². The number of fused-ring (bicyclic) bond motifs is 7. The molecule has 41 heavy (non-hydrogen) atoms. The van der Waals surface area contributed by atoms with Crippen LogP contribution >= 0.6 is 0 Å². The molecule has 1 aliphatic heterocycles. The number of hydroxylamine groups is 2. The highest BCUT2D eigenvalue weighted by molar-refractivity contribution is 6.01. The lowest BCUT2D eigenvalue weighted by Gasteiger charge is -2.60. The quantitative estimate of drug-likeness (QED) is 0.557. The minimum absolute atomic E-state index is 0.0884. The Hall–Kier alpha value is -2.91. The van der Waals surface area contributed by atoms with Crippen LogP contribution in [-0.2, 0) is 21.0 Å². The number of furan rings is 1. The summed E-state index contributed by atoms with van der Waals surface area (Å²) in [5.74, 6) is 0.0205. The number of carbonyl (C=O) groups excluding carboxylic acids is 2. The fraction of sp³-hybridized carbons (Fsp3) is 0.515. The predicted octanol–water partition coefficient (Wildman–Crippen LogP) is 4.45. The smallest absolute Gasteiger partial charge is 0.192 e. The number of benzene rings is 1. The predicted molar refractivity (Wildman–Crippen MR) is 148 cm³/mol. The normalized spacial score (nSPS) is 41.4. The van der Waals surface area contributed by atoms with Crippen molar-refractivity contribution in [3.05, 3.63) is 72.0 Å². The van der Waals surface area contributed by atoms with E-state index in [1.54, 1.807) is 11.1 Å². The Kier molecular flexibility index (Phi) is 6.11. The van der Waals surface area contributed by atoms with Crippen LogP contribution in [0.4, 0.5) is 4.39 Å². The molecule has 4 fully saturated rings. The summed E-state index contributed by atoms with van der Waals surface area (Å²) in [4.78, 5) is 32.4. The van der Waals surface area contributed by atoms with E-state index < -0.39 is 41.1 Å². The summed E-state index contributed by atoms with van der Waals surface area (Å²) >= 11 is 0. The molecule has 3 saturated carbocycles. The number of hydrogen-bond acceptors (Lipinski definition) is 7. The van der Waals surface area contributed by atoms with E-state index in [1.807, 2.05) is 56.3 Å². The summed E-state index contributed by atoms with van der Waals surface area (Å²) in [6.45, 7) is 4.03. The number of carbonyl (C=O) groups is 2. The van der Waals surface area contributed by atoms with Gasteiger partial charge in [-0.25, -0.2) is 4.39 Å². The number of Topliss-reactive ketones (excluding diaryl/α,β-unsaturated/α-hetero) is 1. The van der Waals surface area contributed by atoms with Crippen molar-refractivity contribution in [2.24, 2.45) is 34.5 Å². The van der Waals surface area contributed by atoms with Gasteiger partial charge in [0.15, 0.2) is 17.2 Å². The average molecular weight is 562 g/mol. The lowest BCUT2D eigenvalue weighted by Crippen LogP contribution is -2.64. The van der Waals surface area contributed by atoms with Gasteiger partial charge in [-0.3, -0.25) is 14.4 Å². The fourth-order valence-corrected chi connectivity index (χ4v) is 9.56. The fourth-order valence-electron chi connectivity index (χ4n) is 9.56. The van der Waals surface area contributed by atoms with Crippen LogP contribution < -0.4 is 0 Å². The summed E-state index contributed by atoms with van der Waals surface area (Å²) in [7, 11) is 0. The van der Waals surface area contributed by atoms with Crippen LogP contribution in [0.3, 0.4) is 0 Å². The maximum atomic E-state index is 15.8. The number of hydrogen-bond donors (Lipinski definition) is 2. The van der Waals surface area contributed by atoms with E-state index in [-0.39, 0.29) is 42.3 Å². The molecule has 9 atom stereocenters. The van der Waals surface area contributed by atoms with Gasteiger partial charge in [0.05, 0.1) is 12.6 Å². The summed E-state index contributed by atoms with van der Waals surface area (Å²) in [6, 6.07) is 13.6.